The minimum absolute atomic E-state index is 0.191. The van der Waals surface area contributed by atoms with Gasteiger partial charge in [-0.3, -0.25) is 4.57 Å². The van der Waals surface area contributed by atoms with E-state index in [1.807, 2.05) is 60.0 Å². The van der Waals surface area contributed by atoms with Crippen LogP contribution in [0, 0.1) is 0 Å². The summed E-state index contributed by atoms with van der Waals surface area (Å²) in [7, 11) is 0. The second-order valence-electron chi connectivity index (χ2n) is 4.36. The monoisotopic (exact) mass is 290 g/mol. The third kappa shape index (κ3) is 2.11. The molecule has 0 amide bonds. The zero-order valence-electron chi connectivity index (χ0n) is 10.3. The normalized spacial score (nSPS) is 12.8. The van der Waals surface area contributed by atoms with Crippen molar-refractivity contribution in [2.24, 2.45) is 0 Å². The van der Waals surface area contributed by atoms with E-state index in [0.717, 1.165) is 22.5 Å². The van der Waals surface area contributed by atoms with Crippen molar-refractivity contribution in [3.05, 3.63) is 59.4 Å². The van der Waals surface area contributed by atoms with Crippen LogP contribution in [0.5, 0.6) is 0 Å². The van der Waals surface area contributed by atoms with E-state index in [1.165, 1.54) is 0 Å². The van der Waals surface area contributed by atoms with Crippen molar-refractivity contribution in [2.45, 2.75) is 12.3 Å². The van der Waals surface area contributed by atoms with Crippen LogP contribution in [0.2, 0.25) is 5.02 Å². The molecule has 0 N–H and O–H groups in total. The maximum atomic E-state index is 6.33. The number of hydrogen-bond donors (Lipinski definition) is 0. The Labute approximate surface area is 121 Å². The molecular formula is C15H12Cl2N2. The Morgan fingerprint density at radius 3 is 2.47 bits per heavy atom. The molecule has 0 spiro atoms. The Morgan fingerprint density at radius 1 is 1.05 bits per heavy atom. The molecule has 3 rings (SSSR count). The zero-order valence-corrected chi connectivity index (χ0v) is 11.9. The number of para-hydroxylation sites is 2. The van der Waals surface area contributed by atoms with Gasteiger partial charge in [0, 0.05) is 5.69 Å². The Bertz CT molecular complexity index is 718. The summed E-state index contributed by atoms with van der Waals surface area (Å²) in [6.07, 6.45) is 0. The van der Waals surface area contributed by atoms with Crippen LogP contribution >= 0.6 is 23.2 Å². The van der Waals surface area contributed by atoms with Crippen LogP contribution in [-0.2, 0) is 0 Å². The van der Waals surface area contributed by atoms with Crippen molar-refractivity contribution in [1.82, 2.24) is 9.55 Å². The highest BCUT2D eigenvalue weighted by Gasteiger charge is 2.17. The highest BCUT2D eigenvalue weighted by molar-refractivity contribution is 6.35. The summed E-state index contributed by atoms with van der Waals surface area (Å²) in [5.74, 6) is 0.802. The van der Waals surface area contributed by atoms with Gasteiger partial charge in [-0.15, -0.1) is 11.6 Å². The van der Waals surface area contributed by atoms with Crippen LogP contribution in [-0.4, -0.2) is 9.55 Å². The first-order valence-electron chi connectivity index (χ1n) is 6.05. The van der Waals surface area contributed by atoms with Gasteiger partial charge < -0.3 is 0 Å². The smallest absolute Gasteiger partial charge is 0.132 e. The molecule has 0 aliphatic rings. The molecule has 1 heterocycles. The molecule has 1 aromatic heterocycles. The van der Waals surface area contributed by atoms with Crippen molar-refractivity contribution < 1.29 is 0 Å². The number of rotatable bonds is 2. The molecule has 0 fully saturated rings. The van der Waals surface area contributed by atoms with Crippen molar-refractivity contribution in [3.8, 4) is 5.69 Å². The van der Waals surface area contributed by atoms with Crippen LogP contribution in [0.25, 0.3) is 16.7 Å². The Morgan fingerprint density at radius 2 is 1.79 bits per heavy atom. The largest absolute Gasteiger partial charge is 0.294 e. The minimum Gasteiger partial charge on any atom is -0.294 e. The maximum Gasteiger partial charge on any atom is 0.132 e. The molecular weight excluding hydrogens is 279 g/mol. The first kappa shape index (κ1) is 12.5. The van der Waals surface area contributed by atoms with Crippen molar-refractivity contribution in [1.29, 1.82) is 0 Å². The summed E-state index contributed by atoms with van der Waals surface area (Å²) in [6, 6.07) is 15.7. The summed E-state index contributed by atoms with van der Waals surface area (Å²) >= 11 is 12.6. The molecule has 0 bridgehead atoms. The van der Waals surface area contributed by atoms with Crippen LogP contribution in [0.3, 0.4) is 0 Å². The molecule has 96 valence electrons. The molecule has 0 aliphatic carbocycles. The van der Waals surface area contributed by atoms with Gasteiger partial charge >= 0.3 is 0 Å². The first-order valence-corrected chi connectivity index (χ1v) is 6.86. The Hall–Kier alpha value is -1.51. The van der Waals surface area contributed by atoms with Crippen LogP contribution in [0.1, 0.15) is 18.1 Å². The van der Waals surface area contributed by atoms with Crippen molar-refractivity contribution in [2.75, 3.05) is 0 Å². The number of fused-ring (bicyclic) bond motifs is 1. The average Bonchev–Trinajstić information content (AvgIpc) is 2.81. The number of alkyl halides is 1. The highest BCUT2D eigenvalue weighted by Crippen LogP contribution is 2.31. The van der Waals surface area contributed by atoms with E-state index in [1.54, 1.807) is 0 Å². The van der Waals surface area contributed by atoms with E-state index < -0.39 is 0 Å². The average molecular weight is 291 g/mol. The second-order valence-corrected chi connectivity index (χ2v) is 5.43. The third-order valence-electron chi connectivity index (χ3n) is 3.02. The molecule has 19 heavy (non-hydrogen) atoms. The maximum absolute atomic E-state index is 6.33. The van der Waals surface area contributed by atoms with Gasteiger partial charge in [0.25, 0.3) is 0 Å². The fourth-order valence-electron chi connectivity index (χ4n) is 2.21. The highest BCUT2D eigenvalue weighted by atomic mass is 35.5. The molecule has 2 aromatic carbocycles. The van der Waals surface area contributed by atoms with Crippen LogP contribution in [0.15, 0.2) is 48.5 Å². The molecule has 3 aromatic rings. The van der Waals surface area contributed by atoms with E-state index in [4.69, 9.17) is 23.2 Å². The van der Waals surface area contributed by atoms with E-state index in [-0.39, 0.29) is 5.38 Å². The standard InChI is InChI=1S/C15H12Cl2N2/c1-10(16)15-18-13-9-5-8-12(17)14(13)19(15)11-6-3-2-4-7-11/h2-10H,1H3. The van der Waals surface area contributed by atoms with Gasteiger partial charge in [-0.1, -0.05) is 35.9 Å². The lowest BCUT2D eigenvalue weighted by Gasteiger charge is -2.11. The number of benzene rings is 2. The topological polar surface area (TPSA) is 17.8 Å². The van der Waals surface area contributed by atoms with E-state index >= 15 is 0 Å². The summed E-state index contributed by atoms with van der Waals surface area (Å²) in [6.45, 7) is 1.91. The van der Waals surface area contributed by atoms with E-state index in [0.29, 0.717) is 5.02 Å². The van der Waals surface area contributed by atoms with Crippen molar-refractivity contribution in [3.63, 3.8) is 0 Å². The van der Waals surface area contributed by atoms with Gasteiger partial charge in [-0.25, -0.2) is 4.98 Å². The Kier molecular flexibility index (Phi) is 3.21. The fraction of sp³-hybridized carbons (Fsp3) is 0.133. The third-order valence-corrected chi connectivity index (χ3v) is 3.52. The Balaban J connectivity index is 2.40. The SMILES string of the molecule is CC(Cl)c1nc2cccc(Cl)c2n1-c1ccccc1. The van der Waals surface area contributed by atoms with Gasteiger partial charge in [0.2, 0.25) is 0 Å². The van der Waals surface area contributed by atoms with Gasteiger partial charge in [-0.05, 0) is 31.2 Å². The van der Waals surface area contributed by atoms with Gasteiger partial charge in [-0.2, -0.15) is 0 Å². The summed E-state index contributed by atoms with van der Waals surface area (Å²) in [5.41, 5.74) is 2.78. The minimum atomic E-state index is -0.191. The predicted octanol–water partition coefficient (Wildman–Crippen LogP) is 4.98. The van der Waals surface area contributed by atoms with E-state index in [9.17, 15) is 0 Å². The predicted molar refractivity (Wildman–Crippen MR) is 80.3 cm³/mol. The molecule has 0 saturated carbocycles. The van der Waals surface area contributed by atoms with Crippen LogP contribution in [0.4, 0.5) is 0 Å². The quantitative estimate of drug-likeness (QED) is 0.609. The summed E-state index contributed by atoms with van der Waals surface area (Å²) < 4.78 is 2.02. The van der Waals surface area contributed by atoms with E-state index in [2.05, 4.69) is 4.98 Å². The number of imidazole rings is 1. The molecule has 0 aliphatic heterocycles. The summed E-state index contributed by atoms with van der Waals surface area (Å²) in [4.78, 5) is 4.60. The number of hydrogen-bond acceptors (Lipinski definition) is 1. The van der Waals surface area contributed by atoms with Gasteiger partial charge in [0.05, 0.1) is 21.4 Å². The van der Waals surface area contributed by atoms with Crippen LogP contribution < -0.4 is 0 Å². The fourth-order valence-corrected chi connectivity index (χ4v) is 2.61. The van der Waals surface area contributed by atoms with Gasteiger partial charge in [0.1, 0.15) is 5.82 Å². The first-order chi connectivity index (χ1) is 9.18. The molecule has 1 unspecified atom stereocenters. The molecule has 4 heteroatoms. The lowest BCUT2D eigenvalue weighted by atomic mass is 10.2. The zero-order chi connectivity index (χ0) is 13.4. The molecule has 2 nitrogen and oxygen atoms in total. The molecule has 0 saturated heterocycles. The number of halogens is 2. The number of nitrogens with zero attached hydrogens (tertiary/aromatic N) is 2. The molecule has 0 radical (unpaired) electrons. The lowest BCUT2D eigenvalue weighted by Crippen LogP contribution is -2.01. The van der Waals surface area contributed by atoms with Gasteiger partial charge in [0.15, 0.2) is 0 Å². The lowest BCUT2D eigenvalue weighted by molar-refractivity contribution is 0.882. The van der Waals surface area contributed by atoms with Crippen molar-refractivity contribution >= 4 is 34.2 Å². The number of aromatic nitrogens is 2. The second kappa shape index (κ2) is 4.87. The summed E-state index contributed by atoms with van der Waals surface area (Å²) in [5, 5.41) is 0.487. The molecule has 1 atom stereocenters.